The minimum Gasteiger partial charge on any atom is -0.459 e. The molecule has 2 aliphatic rings. The molecule has 0 radical (unpaired) electrons. The predicted octanol–water partition coefficient (Wildman–Crippen LogP) is 1.99. The van der Waals surface area contributed by atoms with Crippen LogP contribution in [0.5, 0.6) is 0 Å². The van der Waals surface area contributed by atoms with Gasteiger partial charge in [0.15, 0.2) is 5.76 Å². The van der Waals surface area contributed by atoms with Crippen molar-refractivity contribution in [2.45, 2.75) is 25.8 Å². The Hall–Kier alpha value is -2.96. The topological polar surface area (TPSA) is 83.0 Å². The van der Waals surface area contributed by atoms with Gasteiger partial charge < -0.3 is 24.9 Å². The molecule has 2 N–H and O–H groups in total. The van der Waals surface area contributed by atoms with Crippen molar-refractivity contribution in [3.63, 3.8) is 0 Å². The minimum absolute atomic E-state index is 0.0976. The van der Waals surface area contributed by atoms with E-state index in [4.69, 9.17) is 10.2 Å². The zero-order chi connectivity index (χ0) is 19.7. The standard InChI is InChI=1S/C21H26N4O3/c1-15(25-9-3-5-16-17(22)6-2-7-18(16)25)20(26)23-10-12-24(13-11-23)21(27)19-8-4-14-28-19/h2,4,6-8,14-15H,3,5,9-13,22H2,1H3. The highest BCUT2D eigenvalue weighted by Crippen LogP contribution is 2.32. The lowest BCUT2D eigenvalue weighted by atomic mass is 9.98. The number of amides is 2. The number of nitrogen functional groups attached to an aromatic ring is 1. The van der Waals surface area contributed by atoms with Gasteiger partial charge >= 0.3 is 0 Å². The third-order valence-corrected chi connectivity index (χ3v) is 5.76. The number of hydrogen-bond donors (Lipinski definition) is 1. The lowest BCUT2D eigenvalue weighted by molar-refractivity contribution is -0.133. The molecule has 28 heavy (non-hydrogen) atoms. The number of furan rings is 1. The van der Waals surface area contributed by atoms with Gasteiger partial charge in [-0.15, -0.1) is 0 Å². The highest BCUT2D eigenvalue weighted by Gasteiger charge is 2.32. The first kappa shape index (κ1) is 18.4. The van der Waals surface area contributed by atoms with Gasteiger partial charge in [0.2, 0.25) is 5.91 Å². The molecule has 1 aromatic carbocycles. The van der Waals surface area contributed by atoms with E-state index >= 15 is 0 Å². The van der Waals surface area contributed by atoms with Crippen LogP contribution in [0.15, 0.2) is 41.0 Å². The zero-order valence-corrected chi connectivity index (χ0v) is 16.1. The Balaban J connectivity index is 1.41. The molecule has 2 aromatic rings. The van der Waals surface area contributed by atoms with Crippen LogP contribution in [0.2, 0.25) is 0 Å². The first-order chi connectivity index (χ1) is 13.6. The van der Waals surface area contributed by atoms with Gasteiger partial charge in [-0.1, -0.05) is 6.07 Å². The van der Waals surface area contributed by atoms with Crippen LogP contribution >= 0.6 is 0 Å². The van der Waals surface area contributed by atoms with Crippen molar-refractivity contribution < 1.29 is 14.0 Å². The maximum atomic E-state index is 13.1. The Morgan fingerprint density at radius 3 is 2.50 bits per heavy atom. The van der Waals surface area contributed by atoms with E-state index in [1.807, 2.05) is 24.0 Å². The van der Waals surface area contributed by atoms with E-state index in [0.29, 0.717) is 31.9 Å². The number of benzene rings is 1. The van der Waals surface area contributed by atoms with E-state index in [2.05, 4.69) is 11.0 Å². The molecular weight excluding hydrogens is 356 g/mol. The van der Waals surface area contributed by atoms with Gasteiger partial charge in [0.05, 0.1) is 6.26 Å². The molecule has 3 heterocycles. The summed E-state index contributed by atoms with van der Waals surface area (Å²) in [4.78, 5) is 31.3. The van der Waals surface area contributed by atoms with Crippen LogP contribution in [0.25, 0.3) is 0 Å². The Bertz CT molecular complexity index is 857. The molecule has 1 fully saturated rings. The Labute approximate surface area is 164 Å². The van der Waals surface area contributed by atoms with E-state index in [1.54, 1.807) is 17.0 Å². The van der Waals surface area contributed by atoms with Crippen LogP contribution in [0.4, 0.5) is 11.4 Å². The first-order valence-electron chi connectivity index (χ1n) is 9.82. The molecule has 2 amide bonds. The van der Waals surface area contributed by atoms with E-state index < -0.39 is 0 Å². The van der Waals surface area contributed by atoms with Crippen molar-refractivity contribution in [1.29, 1.82) is 0 Å². The summed E-state index contributed by atoms with van der Waals surface area (Å²) < 4.78 is 5.19. The Morgan fingerprint density at radius 1 is 1.04 bits per heavy atom. The van der Waals surface area contributed by atoms with Crippen molar-refractivity contribution >= 4 is 23.2 Å². The molecule has 7 heteroatoms. The predicted molar refractivity (Wildman–Crippen MR) is 107 cm³/mol. The number of anilines is 2. The fraction of sp³-hybridized carbons (Fsp3) is 0.429. The summed E-state index contributed by atoms with van der Waals surface area (Å²) in [6.45, 7) is 4.91. The second kappa shape index (κ2) is 7.58. The SMILES string of the molecule is CC(C(=O)N1CCN(C(=O)c2ccco2)CC1)N1CCCc2c(N)cccc21. The fourth-order valence-corrected chi connectivity index (χ4v) is 4.17. The molecule has 0 aliphatic carbocycles. The number of fused-ring (bicyclic) bond motifs is 1. The zero-order valence-electron chi connectivity index (χ0n) is 16.1. The molecule has 148 valence electrons. The number of carbonyl (C=O) groups excluding carboxylic acids is 2. The van der Waals surface area contributed by atoms with Gasteiger partial charge in [-0.25, -0.2) is 0 Å². The molecule has 0 saturated carbocycles. The van der Waals surface area contributed by atoms with Crippen LogP contribution in [-0.2, 0) is 11.2 Å². The van der Waals surface area contributed by atoms with Gasteiger partial charge in [-0.05, 0) is 49.6 Å². The van der Waals surface area contributed by atoms with Gasteiger partial charge in [0, 0.05) is 44.1 Å². The summed E-state index contributed by atoms with van der Waals surface area (Å²) in [7, 11) is 0. The van der Waals surface area contributed by atoms with Crippen LogP contribution in [0, 0.1) is 0 Å². The number of carbonyl (C=O) groups is 2. The van der Waals surface area contributed by atoms with Gasteiger partial charge in [0.25, 0.3) is 5.91 Å². The Kier molecular flexibility index (Phi) is 4.98. The first-order valence-corrected chi connectivity index (χ1v) is 9.82. The average Bonchev–Trinajstić information content (AvgIpc) is 3.27. The average molecular weight is 382 g/mol. The fourth-order valence-electron chi connectivity index (χ4n) is 4.17. The second-order valence-corrected chi connectivity index (χ2v) is 7.41. The quantitative estimate of drug-likeness (QED) is 0.821. The van der Waals surface area contributed by atoms with Crippen LogP contribution in [0.3, 0.4) is 0 Å². The molecule has 0 spiro atoms. The summed E-state index contributed by atoms with van der Waals surface area (Å²) >= 11 is 0. The van der Waals surface area contributed by atoms with E-state index in [1.165, 1.54) is 6.26 Å². The number of nitrogens with zero attached hydrogens (tertiary/aromatic N) is 3. The number of piperazine rings is 1. The monoisotopic (exact) mass is 382 g/mol. The maximum absolute atomic E-state index is 13.1. The van der Waals surface area contributed by atoms with Gasteiger partial charge in [-0.3, -0.25) is 9.59 Å². The van der Waals surface area contributed by atoms with Crippen molar-refractivity contribution in [3.05, 3.63) is 47.9 Å². The summed E-state index contributed by atoms with van der Waals surface area (Å²) in [6, 6.07) is 9.04. The van der Waals surface area contributed by atoms with Crippen LogP contribution in [0.1, 0.15) is 29.5 Å². The largest absolute Gasteiger partial charge is 0.459 e. The highest BCUT2D eigenvalue weighted by molar-refractivity contribution is 5.92. The molecule has 4 rings (SSSR count). The summed E-state index contributed by atoms with van der Waals surface area (Å²) in [6.07, 6.45) is 3.44. The number of rotatable bonds is 3. The van der Waals surface area contributed by atoms with Crippen molar-refractivity contribution in [1.82, 2.24) is 9.80 Å². The minimum atomic E-state index is -0.256. The third kappa shape index (κ3) is 3.32. The maximum Gasteiger partial charge on any atom is 0.289 e. The highest BCUT2D eigenvalue weighted by atomic mass is 16.3. The van der Waals surface area contributed by atoms with Gasteiger partial charge in [0.1, 0.15) is 6.04 Å². The van der Waals surface area contributed by atoms with Crippen LogP contribution < -0.4 is 10.6 Å². The second-order valence-electron chi connectivity index (χ2n) is 7.41. The number of hydrogen-bond acceptors (Lipinski definition) is 5. The van der Waals surface area contributed by atoms with E-state index in [9.17, 15) is 9.59 Å². The van der Waals surface area contributed by atoms with Gasteiger partial charge in [-0.2, -0.15) is 0 Å². The molecular formula is C21H26N4O3. The molecule has 1 saturated heterocycles. The molecule has 7 nitrogen and oxygen atoms in total. The summed E-state index contributed by atoms with van der Waals surface area (Å²) in [5.74, 6) is 0.321. The molecule has 0 bridgehead atoms. The smallest absolute Gasteiger partial charge is 0.289 e. The normalized spacial score (nSPS) is 18.0. The van der Waals surface area contributed by atoms with E-state index in [-0.39, 0.29) is 17.9 Å². The lowest BCUT2D eigenvalue weighted by Crippen LogP contribution is -2.55. The molecule has 1 unspecified atom stereocenters. The van der Waals surface area contributed by atoms with E-state index in [0.717, 1.165) is 36.3 Å². The van der Waals surface area contributed by atoms with Crippen LogP contribution in [-0.4, -0.2) is 60.4 Å². The summed E-state index contributed by atoms with van der Waals surface area (Å²) in [5.41, 5.74) is 9.15. The third-order valence-electron chi connectivity index (χ3n) is 5.76. The molecule has 2 aliphatic heterocycles. The Morgan fingerprint density at radius 2 is 1.79 bits per heavy atom. The van der Waals surface area contributed by atoms with Crippen molar-refractivity contribution in [2.24, 2.45) is 0 Å². The summed E-state index contributed by atoms with van der Waals surface area (Å²) in [5, 5.41) is 0. The molecule has 1 atom stereocenters. The molecule has 1 aromatic heterocycles. The van der Waals surface area contributed by atoms with Crippen molar-refractivity contribution in [3.8, 4) is 0 Å². The van der Waals surface area contributed by atoms with Crippen molar-refractivity contribution in [2.75, 3.05) is 43.4 Å². The number of nitrogens with two attached hydrogens (primary N) is 1. The lowest BCUT2D eigenvalue weighted by Gasteiger charge is -2.40.